The number of carbonyl (C=O) groups is 2. The average Bonchev–Trinajstić information content (AvgIpc) is 2.99. The minimum Gasteiger partial charge on any atom is -0.345 e. The Morgan fingerprint density at radius 2 is 1.60 bits per heavy atom. The van der Waals surface area contributed by atoms with E-state index in [9.17, 15) is 9.59 Å². The van der Waals surface area contributed by atoms with Crippen LogP contribution in [0.3, 0.4) is 0 Å². The second kappa shape index (κ2) is 10.5. The van der Waals surface area contributed by atoms with Gasteiger partial charge in [-0.3, -0.25) is 9.69 Å². The Labute approximate surface area is 183 Å². The standard InChI is InChI=1S/C23H29ClN4O2/c1-26(2)22(29)20-8-4-18(5-9-20)16-25-23(30)28-13-3-12-27(14-15-28)17-19-6-10-21(24)11-7-19/h4-11H,3,12-17H2,1-2H3,(H,25,30). The first kappa shape index (κ1) is 22.1. The zero-order valence-corrected chi connectivity index (χ0v) is 18.4. The van der Waals surface area contributed by atoms with Gasteiger partial charge in [0.25, 0.3) is 5.91 Å². The summed E-state index contributed by atoms with van der Waals surface area (Å²) in [5, 5.41) is 3.74. The number of carbonyl (C=O) groups excluding carboxylic acids is 2. The van der Waals surface area contributed by atoms with E-state index in [1.54, 1.807) is 31.1 Å². The van der Waals surface area contributed by atoms with Gasteiger partial charge in [-0.25, -0.2) is 4.79 Å². The molecule has 0 saturated carbocycles. The lowest BCUT2D eigenvalue weighted by atomic mass is 10.1. The molecule has 0 aromatic heterocycles. The van der Waals surface area contributed by atoms with Crippen molar-refractivity contribution in [3.8, 4) is 0 Å². The van der Waals surface area contributed by atoms with Crippen molar-refractivity contribution in [2.75, 3.05) is 40.3 Å². The van der Waals surface area contributed by atoms with Crippen LogP contribution in [0.25, 0.3) is 0 Å². The molecule has 2 aromatic rings. The van der Waals surface area contributed by atoms with Crippen LogP contribution in [0.15, 0.2) is 48.5 Å². The van der Waals surface area contributed by atoms with E-state index in [1.165, 1.54) is 5.56 Å². The maximum absolute atomic E-state index is 12.6. The van der Waals surface area contributed by atoms with Gasteiger partial charge in [0.1, 0.15) is 0 Å². The monoisotopic (exact) mass is 428 g/mol. The molecule has 1 N–H and O–H groups in total. The lowest BCUT2D eigenvalue weighted by Crippen LogP contribution is -2.41. The molecule has 1 aliphatic rings. The number of hydrogen-bond donors (Lipinski definition) is 1. The van der Waals surface area contributed by atoms with Crippen molar-refractivity contribution in [3.05, 3.63) is 70.2 Å². The first-order valence-corrected chi connectivity index (χ1v) is 10.6. The number of urea groups is 1. The van der Waals surface area contributed by atoms with E-state index in [2.05, 4.69) is 22.3 Å². The summed E-state index contributed by atoms with van der Waals surface area (Å²) in [6.45, 7) is 4.57. The lowest BCUT2D eigenvalue weighted by molar-refractivity contribution is 0.0827. The number of amides is 3. The van der Waals surface area contributed by atoms with Gasteiger partial charge in [-0.1, -0.05) is 35.9 Å². The third-order valence-corrected chi connectivity index (χ3v) is 5.50. The van der Waals surface area contributed by atoms with Crippen molar-refractivity contribution in [2.45, 2.75) is 19.5 Å². The highest BCUT2D eigenvalue weighted by Crippen LogP contribution is 2.13. The summed E-state index contributed by atoms with van der Waals surface area (Å²) in [4.78, 5) is 30.4. The number of rotatable bonds is 5. The quantitative estimate of drug-likeness (QED) is 0.793. The number of halogens is 1. The molecule has 1 aliphatic heterocycles. The number of nitrogens with one attached hydrogen (secondary N) is 1. The van der Waals surface area contributed by atoms with Gasteiger partial charge in [-0.15, -0.1) is 0 Å². The topological polar surface area (TPSA) is 55.9 Å². The van der Waals surface area contributed by atoms with Crippen LogP contribution < -0.4 is 5.32 Å². The summed E-state index contributed by atoms with van der Waals surface area (Å²) in [6.07, 6.45) is 0.947. The van der Waals surface area contributed by atoms with E-state index < -0.39 is 0 Å². The maximum atomic E-state index is 12.6. The summed E-state index contributed by atoms with van der Waals surface area (Å²) >= 11 is 5.96. The van der Waals surface area contributed by atoms with Crippen molar-refractivity contribution in [1.82, 2.24) is 20.0 Å². The van der Waals surface area contributed by atoms with Crippen LogP contribution in [0.4, 0.5) is 4.79 Å². The number of hydrogen-bond acceptors (Lipinski definition) is 3. The predicted molar refractivity (Wildman–Crippen MR) is 120 cm³/mol. The van der Waals surface area contributed by atoms with Gasteiger partial charge in [-0.05, 0) is 41.8 Å². The Morgan fingerprint density at radius 1 is 0.933 bits per heavy atom. The second-order valence-corrected chi connectivity index (χ2v) is 8.23. The highest BCUT2D eigenvalue weighted by Gasteiger charge is 2.19. The molecule has 2 aromatic carbocycles. The molecule has 160 valence electrons. The van der Waals surface area contributed by atoms with Gasteiger partial charge in [0.2, 0.25) is 0 Å². The van der Waals surface area contributed by atoms with Crippen LogP contribution in [-0.4, -0.2) is 66.9 Å². The zero-order valence-electron chi connectivity index (χ0n) is 17.6. The van der Waals surface area contributed by atoms with Crippen LogP contribution in [0.2, 0.25) is 5.02 Å². The van der Waals surface area contributed by atoms with Crippen LogP contribution in [0.1, 0.15) is 27.9 Å². The van der Waals surface area contributed by atoms with E-state index in [-0.39, 0.29) is 11.9 Å². The van der Waals surface area contributed by atoms with Gasteiger partial charge < -0.3 is 15.1 Å². The highest BCUT2D eigenvalue weighted by molar-refractivity contribution is 6.30. The normalized spacial score (nSPS) is 14.8. The SMILES string of the molecule is CN(C)C(=O)c1ccc(CNC(=O)N2CCCN(Cc3ccc(Cl)cc3)CC2)cc1. The summed E-state index contributed by atoms with van der Waals surface area (Å²) < 4.78 is 0. The van der Waals surface area contributed by atoms with Crippen LogP contribution in [0.5, 0.6) is 0 Å². The van der Waals surface area contributed by atoms with E-state index in [0.717, 1.165) is 43.2 Å². The fourth-order valence-corrected chi connectivity index (χ4v) is 3.62. The Bertz CT molecular complexity index is 853. The maximum Gasteiger partial charge on any atom is 0.317 e. The molecule has 30 heavy (non-hydrogen) atoms. The Balaban J connectivity index is 1.46. The molecule has 3 rings (SSSR count). The summed E-state index contributed by atoms with van der Waals surface area (Å²) in [6, 6.07) is 15.2. The van der Waals surface area contributed by atoms with E-state index >= 15 is 0 Å². The molecule has 0 atom stereocenters. The summed E-state index contributed by atoms with van der Waals surface area (Å²) in [7, 11) is 3.46. The van der Waals surface area contributed by atoms with Gasteiger partial charge in [0.05, 0.1) is 0 Å². The Hall–Kier alpha value is -2.57. The third-order valence-electron chi connectivity index (χ3n) is 5.25. The average molecular weight is 429 g/mol. The first-order valence-electron chi connectivity index (χ1n) is 10.2. The van der Waals surface area contributed by atoms with Gasteiger partial charge in [0.15, 0.2) is 0 Å². The Kier molecular flexibility index (Phi) is 7.71. The third kappa shape index (κ3) is 6.21. The largest absolute Gasteiger partial charge is 0.345 e. The predicted octanol–water partition coefficient (Wildman–Crippen LogP) is 3.46. The molecule has 0 spiro atoms. The fraction of sp³-hybridized carbons (Fsp3) is 0.391. The first-order chi connectivity index (χ1) is 14.4. The van der Waals surface area contributed by atoms with E-state index in [0.29, 0.717) is 18.7 Å². The lowest BCUT2D eigenvalue weighted by Gasteiger charge is -2.22. The second-order valence-electron chi connectivity index (χ2n) is 7.80. The van der Waals surface area contributed by atoms with Gasteiger partial charge in [0, 0.05) is 63.9 Å². The van der Waals surface area contributed by atoms with Crippen LogP contribution in [0, 0.1) is 0 Å². The Morgan fingerprint density at radius 3 is 2.27 bits per heavy atom. The molecule has 6 nitrogen and oxygen atoms in total. The molecular weight excluding hydrogens is 400 g/mol. The minimum atomic E-state index is -0.0446. The molecule has 3 amide bonds. The van der Waals surface area contributed by atoms with Crippen molar-refractivity contribution < 1.29 is 9.59 Å². The minimum absolute atomic E-state index is 0.0293. The molecule has 7 heteroatoms. The van der Waals surface area contributed by atoms with E-state index in [1.807, 2.05) is 29.2 Å². The molecule has 1 fully saturated rings. The van der Waals surface area contributed by atoms with Crippen LogP contribution >= 0.6 is 11.6 Å². The number of benzene rings is 2. The molecule has 1 saturated heterocycles. The highest BCUT2D eigenvalue weighted by atomic mass is 35.5. The van der Waals surface area contributed by atoms with Gasteiger partial charge in [-0.2, -0.15) is 0 Å². The van der Waals surface area contributed by atoms with Crippen molar-refractivity contribution in [2.24, 2.45) is 0 Å². The van der Waals surface area contributed by atoms with Crippen LogP contribution in [-0.2, 0) is 13.1 Å². The van der Waals surface area contributed by atoms with Crippen molar-refractivity contribution >= 4 is 23.5 Å². The smallest absolute Gasteiger partial charge is 0.317 e. The molecular formula is C23H29ClN4O2. The molecule has 0 bridgehead atoms. The van der Waals surface area contributed by atoms with Gasteiger partial charge >= 0.3 is 6.03 Å². The zero-order chi connectivity index (χ0) is 21.5. The van der Waals surface area contributed by atoms with Crippen molar-refractivity contribution in [1.29, 1.82) is 0 Å². The van der Waals surface area contributed by atoms with Crippen molar-refractivity contribution in [3.63, 3.8) is 0 Å². The van der Waals surface area contributed by atoms with E-state index in [4.69, 9.17) is 11.6 Å². The molecule has 0 aliphatic carbocycles. The molecule has 0 unspecified atom stereocenters. The number of nitrogens with zero attached hydrogens (tertiary/aromatic N) is 3. The molecule has 1 heterocycles. The summed E-state index contributed by atoms with van der Waals surface area (Å²) in [5.41, 5.74) is 2.84. The molecule has 0 radical (unpaired) electrons. The fourth-order valence-electron chi connectivity index (χ4n) is 3.49. The summed E-state index contributed by atoms with van der Waals surface area (Å²) in [5.74, 6) is -0.0293.